The number of hydrogen-bond acceptors (Lipinski definition) is 3. The first-order valence-electron chi connectivity index (χ1n) is 15.1. The summed E-state index contributed by atoms with van der Waals surface area (Å²) in [6, 6.07) is 9.31. The smallest absolute Gasteiger partial charge is 0.321 e. The first-order valence-corrected chi connectivity index (χ1v) is 15.1. The fourth-order valence-electron chi connectivity index (χ4n) is 12.3. The number of carbonyl (C=O) groups excluding carboxylic acids is 1. The Kier molecular flexibility index (Phi) is 4.06. The van der Waals surface area contributed by atoms with Gasteiger partial charge in [0, 0.05) is 13.1 Å². The molecule has 9 fully saturated rings. The van der Waals surface area contributed by atoms with Crippen molar-refractivity contribution in [2.24, 2.45) is 41.4 Å². The third kappa shape index (κ3) is 2.76. The molecule has 5 heteroatoms. The van der Waals surface area contributed by atoms with E-state index >= 15 is 0 Å². The molecule has 2 amide bonds. The van der Waals surface area contributed by atoms with Crippen molar-refractivity contribution in [2.45, 2.75) is 87.0 Å². The molecule has 10 aliphatic rings. The average Bonchev–Trinajstić information content (AvgIpc) is 3.26. The van der Waals surface area contributed by atoms with Gasteiger partial charge in [-0.05, 0) is 128 Å². The number of rotatable bonds is 2. The van der Waals surface area contributed by atoms with E-state index in [0.29, 0.717) is 41.4 Å². The number of likely N-dealkylation sites (N-methyl/N-ethyl adjacent to an activating group) is 1. The molecule has 5 nitrogen and oxygen atoms in total. The molecule has 0 aromatic heterocycles. The lowest BCUT2D eigenvalue weighted by Gasteiger charge is -2.60. The summed E-state index contributed by atoms with van der Waals surface area (Å²) in [6.45, 7) is 0.747. The van der Waals surface area contributed by atoms with Crippen LogP contribution < -0.4 is 10.4 Å². The highest BCUT2D eigenvalue weighted by atomic mass is 16.3. The normalized spacial score (nSPS) is 52.5. The Bertz CT molecular complexity index is 1310. The van der Waals surface area contributed by atoms with Crippen molar-refractivity contribution >= 4 is 17.7 Å². The van der Waals surface area contributed by atoms with E-state index in [1.54, 1.807) is 0 Å². The van der Waals surface area contributed by atoms with Gasteiger partial charge >= 0.3 is 6.03 Å². The van der Waals surface area contributed by atoms with E-state index in [1.807, 2.05) is 0 Å². The van der Waals surface area contributed by atoms with E-state index in [2.05, 4.69) is 47.2 Å². The minimum absolute atomic E-state index is 0.188. The van der Waals surface area contributed by atoms with E-state index in [0.717, 1.165) is 45.1 Å². The van der Waals surface area contributed by atoms with Gasteiger partial charge in [0.2, 0.25) is 0 Å². The third-order valence-corrected chi connectivity index (χ3v) is 12.8. The molecule has 1 heterocycles. The number of carbonyl (C=O) groups is 1. The molecule has 37 heavy (non-hydrogen) atoms. The molecule has 0 radical (unpaired) electrons. The van der Waals surface area contributed by atoms with Crippen LogP contribution in [0.15, 0.2) is 24.3 Å². The van der Waals surface area contributed by atoms with Gasteiger partial charge in [0.25, 0.3) is 0 Å². The first kappa shape index (κ1) is 22.0. The Labute approximate surface area is 219 Å². The quantitative estimate of drug-likeness (QED) is 0.657. The Hall–Kier alpha value is -1.85. The fraction of sp³-hybridized carbons (Fsp3) is 0.719. The number of urea groups is 1. The second-order valence-corrected chi connectivity index (χ2v) is 14.9. The van der Waals surface area contributed by atoms with Crippen molar-refractivity contribution in [1.82, 2.24) is 9.80 Å². The minimum atomic E-state index is -0.479. The van der Waals surface area contributed by atoms with Crippen molar-refractivity contribution in [1.29, 1.82) is 0 Å². The summed E-state index contributed by atoms with van der Waals surface area (Å²) in [5.41, 5.74) is 0.163. The Morgan fingerprint density at radius 2 is 1.38 bits per heavy atom. The standard InChI is InChI=1S/C32H40N2O3/c1-33-29(35)34(28-23-8-19-9-24(28)15-31(37,11-19)14-23)17-32(33)16-20-4-2-3-5-25(20)27(32)26-21-6-18-7-22(26)13-30(36,10-18)12-21/h2-5,16,18-19,21-24,26,28,36-37H,6-15,17H2,1H3. The molecule has 1 aromatic rings. The maximum Gasteiger partial charge on any atom is 0.321 e. The number of benzene rings is 1. The van der Waals surface area contributed by atoms with Crippen LogP contribution in [0.3, 0.4) is 0 Å². The molecule has 11 rings (SSSR count). The second kappa shape index (κ2) is 6.83. The Morgan fingerprint density at radius 3 is 2.00 bits per heavy atom. The molecule has 1 saturated heterocycles. The Morgan fingerprint density at radius 1 is 0.811 bits per heavy atom. The number of fused-ring (bicyclic) bond motifs is 1. The highest BCUT2D eigenvalue weighted by molar-refractivity contribution is 5.89. The van der Waals surface area contributed by atoms with E-state index in [1.165, 1.54) is 41.7 Å². The average molecular weight is 501 g/mol. The van der Waals surface area contributed by atoms with Gasteiger partial charge in [-0.2, -0.15) is 0 Å². The zero-order valence-electron chi connectivity index (χ0n) is 22.0. The van der Waals surface area contributed by atoms with Crippen LogP contribution >= 0.6 is 0 Å². The second-order valence-electron chi connectivity index (χ2n) is 14.9. The van der Waals surface area contributed by atoms with Crippen LogP contribution in [0, 0.1) is 41.4 Å². The molecule has 196 valence electrons. The number of nitrogens with zero attached hydrogens (tertiary/aromatic N) is 2. The zero-order chi connectivity index (χ0) is 24.9. The van der Waals surface area contributed by atoms with Gasteiger partial charge in [0.05, 0.1) is 17.7 Å². The van der Waals surface area contributed by atoms with Gasteiger partial charge in [-0.25, -0.2) is 4.79 Å². The van der Waals surface area contributed by atoms with Crippen molar-refractivity contribution in [3.8, 4) is 0 Å². The lowest BCUT2D eigenvalue weighted by molar-refractivity contribution is -0.152. The van der Waals surface area contributed by atoms with Crippen LogP contribution in [0.1, 0.15) is 64.2 Å². The molecule has 8 bridgehead atoms. The van der Waals surface area contributed by atoms with E-state index < -0.39 is 16.7 Å². The number of hydrogen-bond donors (Lipinski definition) is 2. The highest BCUT2D eigenvalue weighted by Gasteiger charge is 2.64. The molecule has 1 spiro atoms. The summed E-state index contributed by atoms with van der Waals surface area (Å²) < 4.78 is 0. The van der Waals surface area contributed by atoms with Crippen LogP contribution in [0.5, 0.6) is 0 Å². The topological polar surface area (TPSA) is 64.0 Å². The van der Waals surface area contributed by atoms with Crippen LogP contribution in [0.25, 0.3) is 11.6 Å². The Balaban J connectivity index is 1.15. The largest absolute Gasteiger partial charge is 0.390 e. The molecular formula is C32H40N2O3. The van der Waals surface area contributed by atoms with Gasteiger partial charge in [-0.15, -0.1) is 0 Å². The van der Waals surface area contributed by atoms with Crippen LogP contribution in [0.2, 0.25) is 0 Å². The van der Waals surface area contributed by atoms with E-state index in [4.69, 9.17) is 0 Å². The van der Waals surface area contributed by atoms with Crippen LogP contribution in [-0.4, -0.2) is 62.4 Å². The van der Waals surface area contributed by atoms with Gasteiger partial charge < -0.3 is 20.0 Å². The number of aliphatic hydroxyl groups is 2. The van der Waals surface area contributed by atoms with Crippen molar-refractivity contribution in [2.75, 3.05) is 13.6 Å². The summed E-state index contributed by atoms with van der Waals surface area (Å²) in [6.07, 6.45) is 12.8. The van der Waals surface area contributed by atoms with E-state index in [-0.39, 0.29) is 12.1 Å². The number of amides is 2. The van der Waals surface area contributed by atoms with Crippen LogP contribution in [-0.2, 0) is 0 Å². The van der Waals surface area contributed by atoms with Crippen molar-refractivity contribution < 1.29 is 15.0 Å². The molecule has 5 unspecified atom stereocenters. The lowest BCUT2D eigenvalue weighted by Crippen LogP contribution is -2.62. The summed E-state index contributed by atoms with van der Waals surface area (Å²) in [5, 5.41) is 25.2. The van der Waals surface area contributed by atoms with Gasteiger partial charge in [0.15, 0.2) is 0 Å². The lowest BCUT2D eigenvalue weighted by atomic mass is 9.48. The maximum absolute atomic E-state index is 14.2. The highest BCUT2D eigenvalue weighted by Crippen LogP contribution is 2.63. The summed E-state index contributed by atoms with van der Waals surface area (Å²) in [5.74, 6) is 3.69. The summed E-state index contributed by atoms with van der Waals surface area (Å²) >= 11 is 0. The first-order chi connectivity index (χ1) is 17.7. The predicted octanol–water partition coefficient (Wildman–Crippen LogP) is 2.86. The summed E-state index contributed by atoms with van der Waals surface area (Å²) in [4.78, 5) is 18.6. The van der Waals surface area contributed by atoms with E-state index in [9.17, 15) is 15.0 Å². The molecular weight excluding hydrogens is 460 g/mol. The van der Waals surface area contributed by atoms with Gasteiger partial charge in [-0.1, -0.05) is 24.3 Å². The molecule has 8 saturated carbocycles. The molecule has 1 aliphatic heterocycles. The summed E-state index contributed by atoms with van der Waals surface area (Å²) in [7, 11) is 2.05. The fourth-order valence-corrected chi connectivity index (χ4v) is 12.3. The monoisotopic (exact) mass is 500 g/mol. The zero-order valence-corrected chi connectivity index (χ0v) is 22.0. The molecule has 2 N–H and O–H groups in total. The van der Waals surface area contributed by atoms with Gasteiger partial charge in [0.1, 0.15) is 5.54 Å². The van der Waals surface area contributed by atoms with Crippen molar-refractivity contribution in [3.63, 3.8) is 0 Å². The van der Waals surface area contributed by atoms with Crippen molar-refractivity contribution in [3.05, 3.63) is 34.7 Å². The van der Waals surface area contributed by atoms with Crippen LogP contribution in [0.4, 0.5) is 4.79 Å². The minimum Gasteiger partial charge on any atom is -0.390 e. The maximum atomic E-state index is 14.2. The molecule has 9 aliphatic carbocycles. The third-order valence-electron chi connectivity index (χ3n) is 12.8. The van der Waals surface area contributed by atoms with Gasteiger partial charge in [-0.3, -0.25) is 0 Å². The molecule has 5 atom stereocenters. The SMILES string of the molecule is CN1C(=O)N(C2C3CC4CC2CC(O)(C4)C3)CC12C=c1ccccc1=C2C1C2CC3CC1CC(O)(C3)C2. The molecule has 1 aromatic carbocycles. The predicted molar refractivity (Wildman–Crippen MR) is 140 cm³/mol.